The first-order valence-corrected chi connectivity index (χ1v) is 14.4. The molecule has 0 saturated carbocycles. The van der Waals surface area contributed by atoms with Gasteiger partial charge in [0.15, 0.2) is 4.34 Å². The lowest BCUT2D eigenvalue weighted by Crippen LogP contribution is -2.40. The molecule has 1 fully saturated rings. The van der Waals surface area contributed by atoms with Gasteiger partial charge in [0.1, 0.15) is 0 Å². The zero-order valence-electron chi connectivity index (χ0n) is 18.4. The number of benzene rings is 2. The second kappa shape index (κ2) is 11.9. The second-order valence-electron chi connectivity index (χ2n) is 7.33. The van der Waals surface area contributed by atoms with E-state index in [1.807, 2.05) is 0 Å². The van der Waals surface area contributed by atoms with Crippen LogP contribution in [-0.4, -0.2) is 66.8 Å². The van der Waals surface area contributed by atoms with Gasteiger partial charge in [-0.1, -0.05) is 46.3 Å². The lowest BCUT2D eigenvalue weighted by molar-refractivity contribution is -0.113. The van der Waals surface area contributed by atoms with Gasteiger partial charge in [0.25, 0.3) is 5.91 Å². The Labute approximate surface area is 225 Å². The van der Waals surface area contributed by atoms with E-state index in [2.05, 4.69) is 20.8 Å². The normalized spacial score (nSPS) is 14.4. The highest BCUT2D eigenvalue weighted by Gasteiger charge is 2.26. The van der Waals surface area contributed by atoms with E-state index in [-0.39, 0.29) is 27.3 Å². The van der Waals surface area contributed by atoms with Gasteiger partial charge in [-0.3, -0.25) is 14.9 Å². The Morgan fingerprint density at radius 1 is 1.03 bits per heavy atom. The number of nitrogens with zero attached hydrogens (tertiary/aromatic N) is 3. The maximum absolute atomic E-state index is 12.7. The van der Waals surface area contributed by atoms with Gasteiger partial charge in [-0.05, 0) is 42.5 Å². The third-order valence-electron chi connectivity index (χ3n) is 4.88. The van der Waals surface area contributed by atoms with E-state index >= 15 is 0 Å². The molecule has 2 aromatic carbocycles. The Bertz CT molecular complexity index is 1360. The monoisotopic (exact) mass is 587 g/mol. The number of halogens is 2. The van der Waals surface area contributed by atoms with Crippen molar-refractivity contribution >= 4 is 79.0 Å². The van der Waals surface area contributed by atoms with Crippen LogP contribution in [0.15, 0.2) is 51.7 Å². The van der Waals surface area contributed by atoms with Crippen molar-refractivity contribution in [1.29, 1.82) is 0 Å². The Balaban J connectivity index is 1.30. The maximum atomic E-state index is 12.7. The number of sulfonamides is 1. The van der Waals surface area contributed by atoms with Gasteiger partial charge >= 0.3 is 0 Å². The third-order valence-corrected chi connectivity index (χ3v) is 9.51. The van der Waals surface area contributed by atoms with Crippen LogP contribution in [0.2, 0.25) is 10.0 Å². The van der Waals surface area contributed by atoms with Crippen LogP contribution in [0.4, 0.5) is 10.8 Å². The Morgan fingerprint density at radius 2 is 1.75 bits per heavy atom. The first kappa shape index (κ1) is 26.8. The Morgan fingerprint density at radius 3 is 2.44 bits per heavy atom. The van der Waals surface area contributed by atoms with Crippen molar-refractivity contribution in [2.75, 3.05) is 42.7 Å². The molecule has 2 heterocycles. The molecule has 2 amide bonds. The van der Waals surface area contributed by atoms with E-state index in [0.717, 1.165) is 23.1 Å². The number of carbonyl (C=O) groups is 2. The molecule has 1 aliphatic rings. The first-order valence-electron chi connectivity index (χ1n) is 10.4. The molecule has 1 saturated heterocycles. The molecule has 0 unspecified atom stereocenters. The van der Waals surface area contributed by atoms with Gasteiger partial charge in [-0.25, -0.2) is 8.42 Å². The van der Waals surface area contributed by atoms with Crippen LogP contribution in [0.3, 0.4) is 0 Å². The summed E-state index contributed by atoms with van der Waals surface area (Å²) in [5, 5.41) is 14.2. The highest BCUT2D eigenvalue weighted by atomic mass is 35.5. The van der Waals surface area contributed by atoms with E-state index < -0.39 is 15.9 Å². The Kier molecular flexibility index (Phi) is 8.83. The average molecular weight is 589 g/mol. The molecule has 10 nitrogen and oxygen atoms in total. The van der Waals surface area contributed by atoms with Gasteiger partial charge in [-0.15, -0.1) is 10.2 Å². The summed E-state index contributed by atoms with van der Waals surface area (Å²) in [4.78, 5) is 24.9. The van der Waals surface area contributed by atoms with E-state index in [4.69, 9.17) is 27.9 Å². The molecular weight excluding hydrogens is 569 g/mol. The lowest BCUT2D eigenvalue weighted by Gasteiger charge is -2.26. The lowest BCUT2D eigenvalue weighted by atomic mass is 10.2. The number of rotatable bonds is 8. The highest BCUT2D eigenvalue weighted by molar-refractivity contribution is 8.01. The predicted molar refractivity (Wildman–Crippen MR) is 140 cm³/mol. The highest BCUT2D eigenvalue weighted by Crippen LogP contribution is 2.28. The zero-order valence-corrected chi connectivity index (χ0v) is 22.4. The second-order valence-corrected chi connectivity index (χ2v) is 12.3. The smallest absolute Gasteiger partial charge is 0.257 e. The van der Waals surface area contributed by atoms with Crippen LogP contribution in [0.1, 0.15) is 10.4 Å². The van der Waals surface area contributed by atoms with Gasteiger partial charge < -0.3 is 10.1 Å². The summed E-state index contributed by atoms with van der Waals surface area (Å²) >= 11 is 14.1. The van der Waals surface area contributed by atoms with Crippen molar-refractivity contribution in [2.24, 2.45) is 0 Å². The summed E-state index contributed by atoms with van der Waals surface area (Å²) in [6, 6.07) is 10.4. The van der Waals surface area contributed by atoms with Crippen LogP contribution >= 0.6 is 46.3 Å². The van der Waals surface area contributed by atoms with Crippen molar-refractivity contribution in [3.05, 3.63) is 58.1 Å². The van der Waals surface area contributed by atoms with Crippen LogP contribution < -0.4 is 10.6 Å². The fourth-order valence-electron chi connectivity index (χ4n) is 3.10. The maximum Gasteiger partial charge on any atom is 0.257 e. The standard InChI is InChI=1S/C21H19Cl2N5O5S3/c22-16-6-3-14(11-17(16)23)24-18(29)12-34-21-27-26-20(35-21)25-19(30)13-1-4-15(5-2-13)36(31,32)28-7-9-33-10-8-28/h1-6,11H,7-10,12H2,(H,24,29)(H,25,26,30). The van der Waals surface area contributed by atoms with Crippen LogP contribution in [-0.2, 0) is 19.6 Å². The largest absolute Gasteiger partial charge is 0.379 e. The summed E-state index contributed by atoms with van der Waals surface area (Å²) in [5.41, 5.74) is 0.783. The summed E-state index contributed by atoms with van der Waals surface area (Å²) in [5.74, 6) is -0.663. The molecule has 2 N–H and O–H groups in total. The minimum absolute atomic E-state index is 0.0713. The number of carbonyl (C=O) groups excluding carboxylic acids is 2. The van der Waals surface area contributed by atoms with Gasteiger partial charge in [0, 0.05) is 24.3 Å². The molecule has 0 atom stereocenters. The molecule has 3 aromatic rings. The predicted octanol–water partition coefficient (Wildman–Crippen LogP) is 3.85. The van der Waals surface area contributed by atoms with Crippen molar-refractivity contribution in [1.82, 2.24) is 14.5 Å². The van der Waals surface area contributed by atoms with Gasteiger partial charge in [0.2, 0.25) is 21.1 Å². The topological polar surface area (TPSA) is 131 Å². The molecule has 190 valence electrons. The van der Waals surface area contributed by atoms with Crippen molar-refractivity contribution in [2.45, 2.75) is 9.24 Å². The average Bonchev–Trinajstić information content (AvgIpc) is 3.33. The minimum atomic E-state index is -3.64. The van der Waals surface area contributed by atoms with Crippen LogP contribution in [0, 0.1) is 0 Å². The van der Waals surface area contributed by atoms with Crippen molar-refractivity contribution in [3.8, 4) is 0 Å². The molecule has 0 bridgehead atoms. The number of aromatic nitrogens is 2. The number of morpholine rings is 1. The molecule has 1 aliphatic heterocycles. The van der Waals surface area contributed by atoms with E-state index in [9.17, 15) is 18.0 Å². The molecule has 4 rings (SSSR count). The minimum Gasteiger partial charge on any atom is -0.379 e. The van der Waals surface area contributed by atoms with Crippen molar-refractivity contribution in [3.63, 3.8) is 0 Å². The summed E-state index contributed by atoms with van der Waals surface area (Å²) in [6.07, 6.45) is 0. The molecule has 0 radical (unpaired) electrons. The van der Waals surface area contributed by atoms with Crippen molar-refractivity contribution < 1.29 is 22.7 Å². The molecule has 15 heteroatoms. The Hall–Kier alpha value is -2.26. The fraction of sp³-hybridized carbons (Fsp3) is 0.238. The number of ether oxygens (including phenoxy) is 1. The zero-order chi connectivity index (χ0) is 25.7. The van der Waals surface area contributed by atoms with E-state index in [1.165, 1.54) is 28.6 Å². The summed E-state index contributed by atoms with van der Waals surface area (Å²) in [7, 11) is -3.64. The number of anilines is 2. The van der Waals surface area contributed by atoms with E-state index in [0.29, 0.717) is 46.4 Å². The molecule has 1 aromatic heterocycles. The quantitative estimate of drug-likeness (QED) is 0.300. The molecular formula is C21H19Cl2N5O5S3. The fourth-order valence-corrected chi connectivity index (χ4v) is 6.35. The van der Waals surface area contributed by atoms with Crippen LogP contribution in [0.25, 0.3) is 0 Å². The molecule has 0 spiro atoms. The summed E-state index contributed by atoms with van der Waals surface area (Å²) < 4.78 is 32.5. The molecule has 36 heavy (non-hydrogen) atoms. The molecule has 0 aliphatic carbocycles. The number of amides is 2. The number of thioether (sulfide) groups is 1. The number of hydrogen-bond donors (Lipinski definition) is 2. The first-order chi connectivity index (χ1) is 17.2. The number of hydrogen-bond acceptors (Lipinski definition) is 9. The summed E-state index contributed by atoms with van der Waals surface area (Å²) in [6.45, 7) is 1.28. The van der Waals surface area contributed by atoms with Gasteiger partial charge in [0.05, 0.1) is 33.9 Å². The van der Waals surface area contributed by atoms with E-state index in [1.54, 1.807) is 18.2 Å². The third kappa shape index (κ3) is 6.73. The van der Waals surface area contributed by atoms with Crippen LogP contribution in [0.5, 0.6) is 0 Å². The SMILES string of the molecule is O=C(CSc1nnc(NC(=O)c2ccc(S(=O)(=O)N3CCOCC3)cc2)s1)Nc1ccc(Cl)c(Cl)c1. The van der Waals surface area contributed by atoms with Gasteiger partial charge in [-0.2, -0.15) is 4.31 Å². The number of nitrogens with one attached hydrogen (secondary N) is 2.